The van der Waals surface area contributed by atoms with Crippen molar-refractivity contribution >= 4 is 6.16 Å². The van der Waals surface area contributed by atoms with Gasteiger partial charge in [-0.3, -0.25) is 0 Å². The van der Waals surface area contributed by atoms with Crippen LogP contribution in [0.2, 0.25) is 0 Å². The maximum atomic E-state index is 11.2. The zero-order valence-corrected chi connectivity index (χ0v) is 32.8. The molecule has 1 rings (SSSR count). The number of unbranched alkanes of at least 4 members (excludes halogenated alkanes) is 18. The van der Waals surface area contributed by atoms with Crippen LogP contribution in [-0.4, -0.2) is 49.6 Å². The van der Waals surface area contributed by atoms with Gasteiger partial charge in [-0.25, -0.2) is 4.79 Å². The Labute approximate surface area is 309 Å². The van der Waals surface area contributed by atoms with Crippen LogP contribution in [0.4, 0.5) is 4.79 Å². The summed E-state index contributed by atoms with van der Waals surface area (Å²) in [6, 6.07) is 0. The van der Waals surface area contributed by atoms with Gasteiger partial charge in [0.2, 0.25) is 0 Å². The Morgan fingerprint density at radius 2 is 1.20 bits per heavy atom. The van der Waals surface area contributed by atoms with E-state index in [-0.39, 0.29) is 18.5 Å². The van der Waals surface area contributed by atoms with Crippen molar-refractivity contribution in [3.8, 4) is 0 Å². The summed E-state index contributed by atoms with van der Waals surface area (Å²) in [6.07, 6.45) is 46.8. The molecule has 0 bridgehead atoms. The van der Waals surface area contributed by atoms with E-state index in [1.165, 1.54) is 116 Å². The SMILES string of the molecule is CCCCC/C=C\C/C=C\CCCCCCCCC(COCCCCCCCC/C=C\CC(CCCCCC)OC1CCCCO1)OC(=O)O. The third-order valence-electron chi connectivity index (χ3n) is 9.63. The molecule has 0 aromatic carbocycles. The van der Waals surface area contributed by atoms with E-state index >= 15 is 0 Å². The van der Waals surface area contributed by atoms with E-state index in [9.17, 15) is 4.79 Å². The van der Waals surface area contributed by atoms with Gasteiger partial charge < -0.3 is 24.1 Å². The van der Waals surface area contributed by atoms with Crippen molar-refractivity contribution in [2.24, 2.45) is 0 Å². The van der Waals surface area contributed by atoms with Crippen LogP contribution >= 0.6 is 0 Å². The molecule has 0 spiro atoms. The Kier molecular flexibility index (Phi) is 34.5. The van der Waals surface area contributed by atoms with Crippen molar-refractivity contribution in [2.75, 3.05) is 19.8 Å². The Bertz CT molecular complexity index is 802. The number of rotatable bonds is 36. The second kappa shape index (κ2) is 37.1. The molecular formula is C44H80O6. The van der Waals surface area contributed by atoms with Crippen molar-refractivity contribution in [2.45, 2.75) is 219 Å². The maximum Gasteiger partial charge on any atom is 0.506 e. The van der Waals surface area contributed by atoms with Gasteiger partial charge in [-0.2, -0.15) is 0 Å². The van der Waals surface area contributed by atoms with E-state index in [2.05, 4.69) is 50.3 Å². The molecule has 50 heavy (non-hydrogen) atoms. The third kappa shape index (κ3) is 32.3. The molecule has 3 unspecified atom stereocenters. The largest absolute Gasteiger partial charge is 0.506 e. The standard InChI is InChI=1S/C44H80O6/c1-3-5-7-9-10-11-12-13-14-15-16-17-19-23-26-30-36-42(50-44(45)46)40-47-38-32-27-24-21-18-20-22-25-29-35-41(34-28-8-6-4-2)49-43-37-31-33-39-48-43/h10-11,13-14,25,29,41-43H,3-9,12,15-24,26-28,30-40H2,1-2H3,(H,45,46)/b11-10-,14-13-,29-25-. The lowest BCUT2D eigenvalue weighted by atomic mass is 10.1. The molecule has 292 valence electrons. The highest BCUT2D eigenvalue weighted by molar-refractivity contribution is 5.57. The van der Waals surface area contributed by atoms with Crippen molar-refractivity contribution < 1.29 is 28.8 Å². The summed E-state index contributed by atoms with van der Waals surface area (Å²) in [5.41, 5.74) is 0. The predicted octanol–water partition coefficient (Wildman–Crippen LogP) is 13.8. The molecule has 1 fully saturated rings. The Morgan fingerprint density at radius 1 is 0.660 bits per heavy atom. The Hall–Kier alpha value is -1.63. The first-order valence-corrected chi connectivity index (χ1v) is 21.3. The second-order valence-corrected chi connectivity index (χ2v) is 14.5. The molecule has 6 heteroatoms. The molecule has 0 saturated carbocycles. The summed E-state index contributed by atoms with van der Waals surface area (Å²) >= 11 is 0. The minimum absolute atomic E-state index is 0.00369. The molecule has 0 radical (unpaired) electrons. The lowest BCUT2D eigenvalue weighted by Crippen LogP contribution is -2.27. The molecule has 0 aromatic rings. The minimum Gasteiger partial charge on any atom is -0.450 e. The number of hydrogen-bond donors (Lipinski definition) is 1. The molecule has 1 aliphatic heterocycles. The maximum absolute atomic E-state index is 11.2. The number of hydrogen-bond acceptors (Lipinski definition) is 5. The molecule has 6 nitrogen and oxygen atoms in total. The first kappa shape index (κ1) is 46.4. The lowest BCUT2D eigenvalue weighted by Gasteiger charge is -2.27. The van der Waals surface area contributed by atoms with Gasteiger partial charge in [-0.1, -0.05) is 140 Å². The van der Waals surface area contributed by atoms with Crippen molar-refractivity contribution in [3.05, 3.63) is 36.5 Å². The highest BCUT2D eigenvalue weighted by atomic mass is 16.7. The summed E-state index contributed by atoms with van der Waals surface area (Å²) < 4.78 is 23.1. The highest BCUT2D eigenvalue weighted by Gasteiger charge is 2.19. The summed E-state index contributed by atoms with van der Waals surface area (Å²) in [4.78, 5) is 11.2. The number of carboxylic acid groups (broad SMARTS) is 1. The molecule has 0 aromatic heterocycles. The molecular weight excluding hydrogens is 624 g/mol. The topological polar surface area (TPSA) is 74.2 Å². The van der Waals surface area contributed by atoms with Crippen LogP contribution in [0.3, 0.4) is 0 Å². The van der Waals surface area contributed by atoms with Gasteiger partial charge in [0, 0.05) is 13.2 Å². The Balaban J connectivity index is 2.00. The van der Waals surface area contributed by atoms with Gasteiger partial charge in [0.15, 0.2) is 6.29 Å². The zero-order valence-electron chi connectivity index (χ0n) is 32.8. The first-order valence-electron chi connectivity index (χ1n) is 21.3. The van der Waals surface area contributed by atoms with Gasteiger partial charge in [-0.15, -0.1) is 0 Å². The van der Waals surface area contributed by atoms with E-state index in [4.69, 9.17) is 24.1 Å². The molecule has 0 aliphatic carbocycles. The highest BCUT2D eigenvalue weighted by Crippen LogP contribution is 2.21. The summed E-state index contributed by atoms with van der Waals surface area (Å²) in [5.74, 6) is 0. The monoisotopic (exact) mass is 705 g/mol. The van der Waals surface area contributed by atoms with Crippen LogP contribution in [-0.2, 0) is 18.9 Å². The normalized spacial score (nSPS) is 16.6. The van der Waals surface area contributed by atoms with E-state index < -0.39 is 6.16 Å². The van der Waals surface area contributed by atoms with E-state index in [0.717, 1.165) is 77.2 Å². The van der Waals surface area contributed by atoms with Gasteiger partial charge in [0.1, 0.15) is 6.10 Å². The second-order valence-electron chi connectivity index (χ2n) is 14.5. The fourth-order valence-electron chi connectivity index (χ4n) is 6.51. The van der Waals surface area contributed by atoms with Gasteiger partial charge in [-0.05, 0) is 96.3 Å². The van der Waals surface area contributed by atoms with Crippen molar-refractivity contribution in [1.82, 2.24) is 0 Å². The molecule has 1 aliphatic rings. The van der Waals surface area contributed by atoms with Crippen molar-refractivity contribution in [3.63, 3.8) is 0 Å². The number of ether oxygens (including phenoxy) is 4. The average molecular weight is 705 g/mol. The zero-order chi connectivity index (χ0) is 36.0. The van der Waals surface area contributed by atoms with Crippen molar-refractivity contribution in [1.29, 1.82) is 0 Å². The van der Waals surface area contributed by atoms with Gasteiger partial charge in [0.25, 0.3) is 0 Å². The predicted molar refractivity (Wildman–Crippen MR) is 211 cm³/mol. The lowest BCUT2D eigenvalue weighted by molar-refractivity contribution is -0.188. The van der Waals surface area contributed by atoms with Gasteiger partial charge >= 0.3 is 6.16 Å². The van der Waals surface area contributed by atoms with E-state index in [1.807, 2.05) is 0 Å². The molecule has 1 saturated heterocycles. The first-order chi connectivity index (χ1) is 24.7. The minimum atomic E-state index is -1.20. The van der Waals surface area contributed by atoms with Crippen LogP contribution < -0.4 is 0 Å². The quantitative estimate of drug-likeness (QED) is 0.0397. The Morgan fingerprint density at radius 3 is 1.82 bits per heavy atom. The van der Waals surface area contributed by atoms with Gasteiger partial charge in [0.05, 0.1) is 12.7 Å². The van der Waals surface area contributed by atoms with Crippen LogP contribution in [0.1, 0.15) is 200 Å². The molecule has 1 heterocycles. The third-order valence-corrected chi connectivity index (χ3v) is 9.63. The number of carbonyl (C=O) groups is 1. The van der Waals surface area contributed by atoms with E-state index in [0.29, 0.717) is 13.2 Å². The van der Waals surface area contributed by atoms with Crippen LogP contribution in [0, 0.1) is 0 Å². The van der Waals surface area contributed by atoms with Crippen LogP contribution in [0.5, 0.6) is 0 Å². The van der Waals surface area contributed by atoms with Crippen LogP contribution in [0.15, 0.2) is 36.5 Å². The fourth-order valence-corrected chi connectivity index (χ4v) is 6.51. The average Bonchev–Trinajstić information content (AvgIpc) is 3.11. The molecule has 1 N–H and O–H groups in total. The molecule has 3 atom stereocenters. The fraction of sp³-hybridized carbons (Fsp3) is 0.841. The molecule has 0 amide bonds. The number of allylic oxidation sites excluding steroid dienone is 5. The van der Waals surface area contributed by atoms with E-state index in [1.54, 1.807) is 0 Å². The van der Waals surface area contributed by atoms with Crippen LogP contribution in [0.25, 0.3) is 0 Å². The summed E-state index contributed by atoms with van der Waals surface area (Å²) in [6.45, 7) is 6.41. The smallest absolute Gasteiger partial charge is 0.450 e. The summed E-state index contributed by atoms with van der Waals surface area (Å²) in [7, 11) is 0. The summed E-state index contributed by atoms with van der Waals surface area (Å²) in [5, 5.41) is 9.14.